The van der Waals surface area contributed by atoms with Crippen LogP contribution in [0, 0.1) is 27.7 Å². The zero-order valence-electron chi connectivity index (χ0n) is 28.0. The largest absolute Gasteiger partial charge is 2.00 e. The Labute approximate surface area is 269 Å². The molecule has 0 unspecified atom stereocenters. The Morgan fingerprint density at radius 2 is 1.00 bits per heavy atom. The van der Waals surface area contributed by atoms with Gasteiger partial charge in [-0.25, -0.2) is 9.98 Å². The van der Waals surface area contributed by atoms with E-state index in [4.69, 9.17) is 9.98 Å². The fraction of sp³-hybridized carbons (Fsp3) is 0.444. The van der Waals surface area contributed by atoms with Crippen molar-refractivity contribution in [2.75, 3.05) is 27.2 Å². The van der Waals surface area contributed by atoms with Gasteiger partial charge in [-0.15, -0.1) is 11.5 Å². The Bertz CT molecular complexity index is 1380. The van der Waals surface area contributed by atoms with Gasteiger partial charge in [0, 0.05) is 27.2 Å². The summed E-state index contributed by atoms with van der Waals surface area (Å²) in [6.07, 6.45) is 0. The second-order valence-electron chi connectivity index (χ2n) is 13.5. The maximum absolute atomic E-state index is 11.8. The Hall–Kier alpha value is -3.31. The first-order valence-corrected chi connectivity index (χ1v) is 14.7. The van der Waals surface area contributed by atoms with Crippen LogP contribution in [0.15, 0.2) is 58.5 Å². The second kappa shape index (κ2) is 14.0. The fourth-order valence-electron chi connectivity index (χ4n) is 4.89. The van der Waals surface area contributed by atoms with E-state index in [0.29, 0.717) is 5.56 Å². The van der Waals surface area contributed by atoms with E-state index in [0.717, 1.165) is 41.7 Å². The summed E-state index contributed by atoms with van der Waals surface area (Å²) in [5.74, 6) is 1.11. The number of piperazine rings is 1. The summed E-state index contributed by atoms with van der Waals surface area (Å²) in [7, 11) is 4.19. The molecular formula is C36H48N4NiO2. The van der Waals surface area contributed by atoms with E-state index in [1.54, 1.807) is 0 Å². The van der Waals surface area contributed by atoms with Gasteiger partial charge in [0.1, 0.15) is 0 Å². The van der Waals surface area contributed by atoms with Crippen LogP contribution in [0.3, 0.4) is 0 Å². The number of rotatable bonds is 2. The molecule has 0 aliphatic carbocycles. The van der Waals surface area contributed by atoms with Crippen LogP contribution in [-0.4, -0.2) is 48.7 Å². The number of hydrogen-bond acceptors (Lipinski definition) is 4. The molecule has 1 aliphatic rings. The third-order valence-corrected chi connectivity index (χ3v) is 7.74. The summed E-state index contributed by atoms with van der Waals surface area (Å²) in [5, 5.41) is 23.4. The Kier molecular flexibility index (Phi) is 11.7. The number of aliphatic imine (C=N–C) groups is 2. The van der Waals surface area contributed by atoms with Crippen LogP contribution in [-0.2, 0) is 27.3 Å². The molecule has 6 nitrogen and oxygen atoms in total. The molecule has 1 fully saturated rings. The van der Waals surface area contributed by atoms with Gasteiger partial charge in [-0.2, -0.15) is 0 Å². The minimum absolute atomic E-state index is 0. The van der Waals surface area contributed by atoms with Crippen molar-refractivity contribution in [2.45, 2.75) is 80.1 Å². The van der Waals surface area contributed by atoms with Gasteiger partial charge < -0.3 is 20.0 Å². The van der Waals surface area contributed by atoms with Gasteiger partial charge >= 0.3 is 16.5 Å². The monoisotopic (exact) mass is 626 g/mol. The standard InChI is InChI=1S/C22H28N4.C14H22O2.Ni/c1-15-9-7-10-16(2)19(15)23-21-22(26(6)14-13-25(21)5)24-20-17(3)11-8-12-18(20)4;1-13(2,3)9-7-10(14(4,5)6)12(16)11(15)8-9;/h7-12H,13-14H2,1-6H3;7-8,15-16H,1-6H3;/q;;+2/p-2. The van der Waals surface area contributed by atoms with Gasteiger partial charge in [0.25, 0.3) is 0 Å². The van der Waals surface area contributed by atoms with Gasteiger partial charge in [-0.05, 0) is 66.3 Å². The summed E-state index contributed by atoms with van der Waals surface area (Å²) in [5.41, 5.74) is 7.99. The molecule has 4 rings (SSSR count). The summed E-state index contributed by atoms with van der Waals surface area (Å²) >= 11 is 0. The number of likely N-dealkylation sites (N-methyl/N-ethyl adjacent to an activating group) is 2. The van der Waals surface area contributed by atoms with E-state index in [-0.39, 0.29) is 33.1 Å². The number of nitrogens with zero attached hydrogens (tertiary/aromatic N) is 4. The molecule has 0 aromatic heterocycles. The molecule has 0 bridgehead atoms. The van der Waals surface area contributed by atoms with Gasteiger partial charge in [-0.3, -0.25) is 0 Å². The first-order valence-electron chi connectivity index (χ1n) is 14.7. The topological polar surface area (TPSA) is 77.3 Å². The molecule has 0 spiro atoms. The van der Waals surface area contributed by atoms with Crippen molar-refractivity contribution in [3.05, 3.63) is 81.9 Å². The van der Waals surface area contributed by atoms with Gasteiger partial charge in [-0.1, -0.05) is 95.6 Å². The molecule has 0 radical (unpaired) electrons. The summed E-state index contributed by atoms with van der Waals surface area (Å²) < 4.78 is 0. The number of benzene rings is 3. The van der Waals surface area contributed by atoms with E-state index in [1.165, 1.54) is 28.3 Å². The molecular weight excluding hydrogens is 579 g/mol. The molecule has 234 valence electrons. The van der Waals surface area contributed by atoms with Crippen LogP contribution < -0.4 is 10.2 Å². The smallest absolute Gasteiger partial charge is 0.873 e. The summed E-state index contributed by atoms with van der Waals surface area (Å²) in [6.45, 7) is 22.3. The van der Waals surface area contributed by atoms with E-state index < -0.39 is 5.75 Å². The summed E-state index contributed by atoms with van der Waals surface area (Å²) in [4.78, 5) is 14.5. The fourth-order valence-corrected chi connectivity index (χ4v) is 4.89. The maximum Gasteiger partial charge on any atom is 2.00 e. The van der Waals surface area contributed by atoms with Gasteiger partial charge in [0.05, 0.1) is 11.4 Å². The van der Waals surface area contributed by atoms with E-state index in [9.17, 15) is 10.2 Å². The third-order valence-electron chi connectivity index (χ3n) is 7.74. The molecule has 0 atom stereocenters. The molecule has 0 N–H and O–H groups in total. The molecule has 3 aromatic rings. The van der Waals surface area contributed by atoms with Crippen molar-refractivity contribution in [1.82, 2.24) is 9.80 Å². The van der Waals surface area contributed by atoms with Crippen LogP contribution in [0.1, 0.15) is 74.9 Å². The minimum atomic E-state index is -0.391. The molecule has 1 saturated heterocycles. The minimum Gasteiger partial charge on any atom is -0.873 e. The van der Waals surface area contributed by atoms with Gasteiger partial charge in [0.15, 0.2) is 11.7 Å². The van der Waals surface area contributed by atoms with Crippen LogP contribution in [0.5, 0.6) is 11.5 Å². The Morgan fingerprint density at radius 1 is 0.628 bits per heavy atom. The van der Waals surface area contributed by atoms with E-state index in [1.807, 2.05) is 47.6 Å². The quantitative estimate of drug-likeness (QED) is 0.287. The zero-order valence-corrected chi connectivity index (χ0v) is 28.9. The van der Waals surface area contributed by atoms with Crippen molar-refractivity contribution in [1.29, 1.82) is 0 Å². The second-order valence-corrected chi connectivity index (χ2v) is 13.5. The average Bonchev–Trinajstić information content (AvgIpc) is 2.87. The van der Waals surface area contributed by atoms with Crippen molar-refractivity contribution in [3.8, 4) is 11.5 Å². The van der Waals surface area contributed by atoms with Crippen molar-refractivity contribution in [2.24, 2.45) is 9.98 Å². The molecule has 1 aliphatic heterocycles. The zero-order chi connectivity index (χ0) is 31.6. The van der Waals surface area contributed by atoms with Crippen molar-refractivity contribution in [3.63, 3.8) is 0 Å². The van der Waals surface area contributed by atoms with Crippen molar-refractivity contribution < 1.29 is 26.7 Å². The Morgan fingerprint density at radius 3 is 1.33 bits per heavy atom. The first kappa shape index (κ1) is 35.9. The van der Waals surface area contributed by atoms with Crippen molar-refractivity contribution >= 4 is 23.0 Å². The summed E-state index contributed by atoms with van der Waals surface area (Å²) in [6, 6.07) is 16.0. The van der Waals surface area contributed by atoms with E-state index in [2.05, 4.69) is 88.0 Å². The van der Waals surface area contributed by atoms with Crippen LogP contribution in [0.25, 0.3) is 0 Å². The van der Waals surface area contributed by atoms with Gasteiger partial charge in [0.2, 0.25) is 0 Å². The molecule has 7 heteroatoms. The Balaban J connectivity index is 0.000000328. The predicted octanol–water partition coefficient (Wildman–Crippen LogP) is 6.98. The number of amidine groups is 2. The average molecular weight is 627 g/mol. The van der Waals surface area contributed by atoms with Crippen LogP contribution >= 0.6 is 0 Å². The first-order chi connectivity index (χ1) is 19.4. The predicted molar refractivity (Wildman–Crippen MR) is 174 cm³/mol. The molecule has 0 saturated carbocycles. The van der Waals surface area contributed by atoms with E-state index >= 15 is 0 Å². The molecule has 3 aromatic carbocycles. The number of para-hydroxylation sites is 2. The molecule has 0 amide bonds. The molecule has 1 heterocycles. The maximum atomic E-state index is 11.8. The number of hydrogen-bond donors (Lipinski definition) is 0. The molecule has 43 heavy (non-hydrogen) atoms. The van der Waals surface area contributed by atoms with Crippen LogP contribution in [0.4, 0.5) is 11.4 Å². The van der Waals surface area contributed by atoms with Crippen LogP contribution in [0.2, 0.25) is 0 Å². The third kappa shape index (κ3) is 8.63. The normalized spacial score (nSPS) is 15.7. The number of aryl methyl sites for hydroxylation is 4. The SMILES string of the molecule is CC(C)(C)c1cc([O-])c([O-])c(C(C)(C)C)c1.Cc1cccc(C)c1N=C1C(=Nc2c(C)cccc2C)N(C)CCN1C.[Ni+2].